The first-order chi connectivity index (χ1) is 13.5. The van der Waals surface area contributed by atoms with E-state index in [0.29, 0.717) is 0 Å². The summed E-state index contributed by atoms with van der Waals surface area (Å²) in [4.78, 5) is 38.7. The number of benzene rings is 1. The Morgan fingerprint density at radius 3 is 2.64 bits per heavy atom. The van der Waals surface area contributed by atoms with E-state index >= 15 is 0 Å². The molecular weight excluding hydrogens is 360 g/mol. The minimum Gasteiger partial charge on any atom is -0.445 e. The van der Waals surface area contributed by atoms with Crippen LogP contribution in [0.1, 0.15) is 45.1 Å². The summed E-state index contributed by atoms with van der Waals surface area (Å²) in [7, 11) is 0. The van der Waals surface area contributed by atoms with E-state index < -0.39 is 18.1 Å². The molecule has 1 saturated carbocycles. The van der Waals surface area contributed by atoms with Crippen LogP contribution in [0.4, 0.5) is 9.59 Å². The average Bonchev–Trinajstić information content (AvgIpc) is 3.02. The SMILES string of the molecule is CC(C)[C@@H](CNC(=O)OCc1ccccc1)C(=O)N1C(=O)O[C@@H]2CCCC[C@H]21. The van der Waals surface area contributed by atoms with Gasteiger partial charge >= 0.3 is 12.2 Å². The van der Waals surface area contributed by atoms with Crippen molar-refractivity contribution in [3.05, 3.63) is 35.9 Å². The van der Waals surface area contributed by atoms with Gasteiger partial charge in [-0.25, -0.2) is 14.5 Å². The highest BCUT2D eigenvalue weighted by Gasteiger charge is 2.48. The molecule has 3 atom stereocenters. The number of amides is 3. The minimum absolute atomic E-state index is 0.0441. The summed E-state index contributed by atoms with van der Waals surface area (Å²) >= 11 is 0. The Morgan fingerprint density at radius 1 is 1.21 bits per heavy atom. The van der Waals surface area contributed by atoms with Gasteiger partial charge in [-0.1, -0.05) is 50.6 Å². The summed E-state index contributed by atoms with van der Waals surface area (Å²) in [5.41, 5.74) is 0.886. The van der Waals surface area contributed by atoms with E-state index in [0.717, 1.165) is 31.2 Å². The zero-order valence-corrected chi connectivity index (χ0v) is 16.4. The van der Waals surface area contributed by atoms with Gasteiger partial charge in [-0.2, -0.15) is 0 Å². The van der Waals surface area contributed by atoms with Crippen molar-refractivity contribution in [1.29, 1.82) is 0 Å². The second-order valence-electron chi connectivity index (χ2n) is 7.78. The number of imide groups is 1. The Hall–Kier alpha value is -2.57. The first-order valence-corrected chi connectivity index (χ1v) is 9.95. The third kappa shape index (κ3) is 4.64. The van der Waals surface area contributed by atoms with Crippen molar-refractivity contribution in [3.63, 3.8) is 0 Å². The number of alkyl carbamates (subject to hydrolysis) is 1. The number of hydrogen-bond acceptors (Lipinski definition) is 5. The first kappa shape index (κ1) is 20.2. The number of nitrogens with one attached hydrogen (secondary N) is 1. The topological polar surface area (TPSA) is 84.9 Å². The van der Waals surface area contributed by atoms with Gasteiger partial charge in [0.25, 0.3) is 0 Å². The van der Waals surface area contributed by atoms with E-state index in [1.165, 1.54) is 4.90 Å². The van der Waals surface area contributed by atoms with Gasteiger partial charge in [-0.15, -0.1) is 0 Å². The molecule has 152 valence electrons. The smallest absolute Gasteiger partial charge is 0.417 e. The minimum atomic E-state index is -0.582. The fourth-order valence-corrected chi connectivity index (χ4v) is 3.84. The lowest BCUT2D eigenvalue weighted by Crippen LogP contribution is -2.49. The maximum absolute atomic E-state index is 13.1. The lowest BCUT2D eigenvalue weighted by Gasteiger charge is -2.30. The number of hydrogen-bond donors (Lipinski definition) is 1. The Kier molecular flexibility index (Phi) is 6.54. The molecule has 0 aromatic heterocycles. The lowest BCUT2D eigenvalue weighted by atomic mass is 9.89. The van der Waals surface area contributed by atoms with Crippen molar-refractivity contribution in [2.24, 2.45) is 11.8 Å². The molecule has 2 aliphatic rings. The van der Waals surface area contributed by atoms with Crippen LogP contribution < -0.4 is 5.32 Å². The van der Waals surface area contributed by atoms with Crippen LogP contribution in [-0.4, -0.2) is 41.7 Å². The van der Waals surface area contributed by atoms with E-state index in [9.17, 15) is 14.4 Å². The van der Waals surface area contributed by atoms with Crippen LogP contribution in [0.5, 0.6) is 0 Å². The quantitative estimate of drug-likeness (QED) is 0.806. The molecule has 7 nitrogen and oxygen atoms in total. The fourth-order valence-electron chi connectivity index (χ4n) is 3.84. The standard InChI is InChI=1S/C21H28N2O5/c1-14(2)16(12-22-20(25)27-13-15-8-4-3-5-9-15)19(24)23-17-10-6-7-11-18(17)28-21(23)26/h3-5,8-9,14,16-18H,6-7,10-13H2,1-2H3,(H,22,25)/t16-,17-,18-/m1/s1. The fraction of sp³-hybridized carbons (Fsp3) is 0.571. The molecule has 3 rings (SSSR count). The van der Waals surface area contributed by atoms with Crippen LogP contribution in [0.15, 0.2) is 30.3 Å². The van der Waals surface area contributed by atoms with Gasteiger partial charge in [0.15, 0.2) is 0 Å². The summed E-state index contributed by atoms with van der Waals surface area (Å²) in [5.74, 6) is -0.840. The molecule has 0 spiro atoms. The molecular formula is C21H28N2O5. The van der Waals surface area contributed by atoms with Gasteiger partial charge in [-0.3, -0.25) is 4.79 Å². The molecule has 1 aromatic rings. The van der Waals surface area contributed by atoms with E-state index in [4.69, 9.17) is 9.47 Å². The number of ether oxygens (including phenoxy) is 2. The highest BCUT2D eigenvalue weighted by atomic mass is 16.6. The molecule has 28 heavy (non-hydrogen) atoms. The molecule has 1 saturated heterocycles. The number of carbonyl (C=O) groups is 3. The first-order valence-electron chi connectivity index (χ1n) is 9.95. The Labute approximate surface area is 165 Å². The molecule has 7 heteroatoms. The van der Waals surface area contributed by atoms with Crippen LogP contribution in [0.3, 0.4) is 0 Å². The highest BCUT2D eigenvalue weighted by Crippen LogP contribution is 2.33. The molecule has 1 N–H and O–H groups in total. The monoisotopic (exact) mass is 388 g/mol. The molecule has 0 unspecified atom stereocenters. The van der Waals surface area contributed by atoms with Crippen molar-refractivity contribution >= 4 is 18.1 Å². The Morgan fingerprint density at radius 2 is 1.93 bits per heavy atom. The second-order valence-corrected chi connectivity index (χ2v) is 7.78. The van der Waals surface area contributed by atoms with Crippen molar-refractivity contribution in [2.45, 2.75) is 58.3 Å². The van der Waals surface area contributed by atoms with Crippen molar-refractivity contribution < 1.29 is 23.9 Å². The zero-order valence-electron chi connectivity index (χ0n) is 16.4. The zero-order chi connectivity index (χ0) is 20.1. The summed E-state index contributed by atoms with van der Waals surface area (Å²) in [6, 6.07) is 9.19. The van der Waals surface area contributed by atoms with Crippen LogP contribution >= 0.6 is 0 Å². The van der Waals surface area contributed by atoms with Crippen LogP contribution in [-0.2, 0) is 20.9 Å². The molecule has 3 amide bonds. The molecule has 1 heterocycles. The molecule has 2 fully saturated rings. The Bertz CT molecular complexity index is 706. The molecule has 1 aliphatic carbocycles. The van der Waals surface area contributed by atoms with E-state index in [1.807, 2.05) is 44.2 Å². The normalized spacial score (nSPS) is 22.4. The molecule has 0 bridgehead atoms. The van der Waals surface area contributed by atoms with Gasteiger partial charge in [0.05, 0.1) is 12.0 Å². The lowest BCUT2D eigenvalue weighted by molar-refractivity contribution is -0.135. The third-order valence-electron chi connectivity index (χ3n) is 5.49. The second kappa shape index (κ2) is 9.08. The predicted molar refractivity (Wildman–Crippen MR) is 102 cm³/mol. The van der Waals surface area contributed by atoms with E-state index in [2.05, 4.69) is 5.32 Å². The largest absolute Gasteiger partial charge is 0.445 e. The van der Waals surface area contributed by atoms with Gasteiger partial charge in [0.2, 0.25) is 5.91 Å². The Balaban J connectivity index is 1.56. The summed E-state index contributed by atoms with van der Waals surface area (Å²) in [6.45, 7) is 4.08. The van der Waals surface area contributed by atoms with Crippen LogP contribution in [0.2, 0.25) is 0 Å². The number of fused-ring (bicyclic) bond motifs is 1. The molecule has 0 radical (unpaired) electrons. The average molecular weight is 388 g/mol. The third-order valence-corrected chi connectivity index (χ3v) is 5.49. The van der Waals surface area contributed by atoms with Gasteiger partial charge < -0.3 is 14.8 Å². The van der Waals surface area contributed by atoms with E-state index in [1.54, 1.807) is 0 Å². The van der Waals surface area contributed by atoms with Crippen molar-refractivity contribution in [1.82, 2.24) is 10.2 Å². The molecule has 1 aliphatic heterocycles. The van der Waals surface area contributed by atoms with Gasteiger partial charge in [-0.05, 0) is 30.7 Å². The van der Waals surface area contributed by atoms with Gasteiger partial charge in [0, 0.05) is 6.54 Å². The van der Waals surface area contributed by atoms with Crippen LogP contribution in [0, 0.1) is 11.8 Å². The van der Waals surface area contributed by atoms with Crippen molar-refractivity contribution in [3.8, 4) is 0 Å². The number of nitrogens with zero attached hydrogens (tertiary/aromatic N) is 1. The van der Waals surface area contributed by atoms with E-state index in [-0.39, 0.29) is 37.1 Å². The van der Waals surface area contributed by atoms with Crippen LogP contribution in [0.25, 0.3) is 0 Å². The van der Waals surface area contributed by atoms with Gasteiger partial charge in [0.1, 0.15) is 12.7 Å². The number of rotatable bonds is 6. The maximum Gasteiger partial charge on any atom is 0.417 e. The molecule has 1 aromatic carbocycles. The maximum atomic E-state index is 13.1. The predicted octanol–water partition coefficient (Wildman–Crippen LogP) is 3.48. The summed E-state index contributed by atoms with van der Waals surface area (Å²) in [5, 5.41) is 2.66. The number of carbonyl (C=O) groups excluding carboxylic acids is 3. The highest BCUT2D eigenvalue weighted by molar-refractivity contribution is 5.95. The summed E-state index contributed by atoms with van der Waals surface area (Å²) in [6.07, 6.45) is 2.25. The van der Waals surface area contributed by atoms with Crippen molar-refractivity contribution in [2.75, 3.05) is 6.54 Å². The summed E-state index contributed by atoms with van der Waals surface area (Å²) < 4.78 is 10.6.